The van der Waals surface area contributed by atoms with Gasteiger partial charge in [0, 0.05) is 25.2 Å². The van der Waals surface area contributed by atoms with Crippen LogP contribution in [0.25, 0.3) is 11.0 Å². The van der Waals surface area contributed by atoms with Crippen molar-refractivity contribution in [2.75, 3.05) is 49.5 Å². The van der Waals surface area contributed by atoms with Gasteiger partial charge < -0.3 is 20.2 Å². The number of nitrogens with zero attached hydrogens (tertiary/aromatic N) is 5. The van der Waals surface area contributed by atoms with Crippen LogP contribution in [0.15, 0.2) is 24.5 Å². The third-order valence-electron chi connectivity index (χ3n) is 7.86. The Morgan fingerprint density at radius 2 is 2.00 bits per heavy atom. The molecule has 10 heteroatoms. The highest BCUT2D eigenvalue weighted by atomic mass is 32.2. The van der Waals surface area contributed by atoms with E-state index in [0.29, 0.717) is 18.6 Å². The van der Waals surface area contributed by atoms with Crippen molar-refractivity contribution in [1.82, 2.24) is 25.2 Å². The first-order valence-electron chi connectivity index (χ1n) is 12.1. The number of thiol groups is 1. The van der Waals surface area contributed by atoms with Gasteiger partial charge in [-0.3, -0.25) is 0 Å². The molecule has 2 N–H and O–H groups in total. The van der Waals surface area contributed by atoms with Crippen LogP contribution in [-0.4, -0.2) is 75.5 Å². The van der Waals surface area contributed by atoms with Crippen molar-refractivity contribution in [3.05, 3.63) is 30.1 Å². The fourth-order valence-electron chi connectivity index (χ4n) is 5.64. The van der Waals surface area contributed by atoms with Crippen molar-refractivity contribution in [3.63, 3.8) is 0 Å². The largest absolute Gasteiger partial charge is 0.385 e. The van der Waals surface area contributed by atoms with Crippen molar-refractivity contribution in [2.24, 2.45) is 5.41 Å². The first kappa shape index (κ1) is 24.2. The minimum Gasteiger partial charge on any atom is -0.385 e. The van der Waals surface area contributed by atoms with Gasteiger partial charge in [0.2, 0.25) is 0 Å². The summed E-state index contributed by atoms with van der Waals surface area (Å²) in [7, 11) is 2.00. The van der Waals surface area contributed by atoms with Crippen LogP contribution in [0.4, 0.5) is 5.82 Å². The first-order valence-corrected chi connectivity index (χ1v) is 14.2. The normalized spacial score (nSPS) is 27.9. The molecule has 2 aromatic rings. The lowest BCUT2D eigenvalue weighted by Gasteiger charge is -2.49. The highest BCUT2D eigenvalue weighted by Gasteiger charge is 2.47. The summed E-state index contributed by atoms with van der Waals surface area (Å²) in [6.45, 7) is 4.36. The topological polar surface area (TPSA) is 78.7 Å². The lowest BCUT2D eigenvalue weighted by Crippen LogP contribution is -2.45. The van der Waals surface area contributed by atoms with Crippen molar-refractivity contribution >= 4 is 41.2 Å². The highest BCUT2D eigenvalue weighted by molar-refractivity contribution is 8.00. The van der Waals surface area contributed by atoms with Gasteiger partial charge in [-0.05, 0) is 73.5 Å². The second kappa shape index (κ2) is 9.54. The minimum atomic E-state index is -0.833. The number of hydrogen-bond acceptors (Lipinski definition) is 9. The number of ether oxygens (including phenoxy) is 1. The number of pyridine rings is 1. The van der Waals surface area contributed by atoms with Crippen LogP contribution in [0.1, 0.15) is 44.3 Å². The van der Waals surface area contributed by atoms with E-state index < -0.39 is 5.60 Å². The molecule has 4 aliphatic rings. The third kappa shape index (κ3) is 4.11. The van der Waals surface area contributed by atoms with E-state index >= 15 is 0 Å². The Labute approximate surface area is 211 Å². The van der Waals surface area contributed by atoms with E-state index in [0.717, 1.165) is 54.6 Å². The van der Waals surface area contributed by atoms with E-state index in [9.17, 15) is 5.11 Å². The molecule has 5 heterocycles. The Hall–Kier alpha value is -1.46. The predicted octanol–water partition coefficient (Wildman–Crippen LogP) is 3.16. The Morgan fingerprint density at radius 1 is 1.24 bits per heavy atom. The number of fused-ring (bicyclic) bond motifs is 1. The van der Waals surface area contributed by atoms with Gasteiger partial charge in [0.15, 0.2) is 5.65 Å². The number of hydrogen-bond donors (Lipinski definition) is 3. The molecule has 186 valence electrons. The molecule has 2 saturated heterocycles. The standard InChI is InChI=1S/C23H32N6O2S.CH4S/c1-16-13-31-10-9-28(16)19-11-18(23(30)6-4-22(5-7-23)14-32-15-22)17-12-25-29(21(17)26-19)20-3-8-24-27(20)2;1-2/h3,8,11-12,16,20,24,30H,4-7,9-10,13-15H2,1-2H3;2H,1H3. The van der Waals surface area contributed by atoms with Gasteiger partial charge in [0.25, 0.3) is 0 Å². The Morgan fingerprint density at radius 3 is 2.62 bits per heavy atom. The van der Waals surface area contributed by atoms with Gasteiger partial charge in [-0.2, -0.15) is 34.5 Å². The van der Waals surface area contributed by atoms with Gasteiger partial charge in [-0.15, -0.1) is 0 Å². The molecule has 0 aromatic carbocycles. The smallest absolute Gasteiger partial charge is 0.162 e. The first-order chi connectivity index (χ1) is 16.5. The highest BCUT2D eigenvalue weighted by Crippen LogP contribution is 2.54. The Balaban J connectivity index is 0.00000117. The minimum absolute atomic E-state index is 0.0542. The summed E-state index contributed by atoms with van der Waals surface area (Å²) in [6, 6.07) is 2.38. The zero-order valence-electron chi connectivity index (χ0n) is 20.3. The summed E-state index contributed by atoms with van der Waals surface area (Å²) in [6.07, 6.45) is 11.3. The predicted molar refractivity (Wildman–Crippen MR) is 141 cm³/mol. The lowest BCUT2D eigenvalue weighted by atomic mass is 9.68. The number of likely N-dealkylation sites (N-methyl/N-ethyl adjacent to an activating group) is 1. The molecule has 8 nitrogen and oxygen atoms in total. The number of rotatable bonds is 3. The molecule has 1 saturated carbocycles. The summed E-state index contributed by atoms with van der Waals surface area (Å²) in [4.78, 5) is 7.41. The molecular formula is C24H36N6O2S2. The van der Waals surface area contributed by atoms with E-state index in [1.807, 2.05) is 40.9 Å². The van der Waals surface area contributed by atoms with Gasteiger partial charge >= 0.3 is 0 Å². The maximum absolute atomic E-state index is 12.0. The van der Waals surface area contributed by atoms with Crippen LogP contribution in [0.5, 0.6) is 0 Å². The van der Waals surface area contributed by atoms with Crippen molar-refractivity contribution in [3.8, 4) is 0 Å². The molecule has 2 unspecified atom stereocenters. The molecule has 6 rings (SSSR count). The summed E-state index contributed by atoms with van der Waals surface area (Å²) >= 11 is 5.57. The van der Waals surface area contributed by atoms with E-state index in [1.54, 1.807) is 6.26 Å². The molecule has 1 spiro atoms. The van der Waals surface area contributed by atoms with Crippen LogP contribution in [0, 0.1) is 5.41 Å². The van der Waals surface area contributed by atoms with E-state index in [-0.39, 0.29) is 12.2 Å². The van der Waals surface area contributed by atoms with Crippen molar-refractivity contribution in [2.45, 2.75) is 50.4 Å². The maximum Gasteiger partial charge on any atom is 0.162 e. The van der Waals surface area contributed by atoms with Gasteiger partial charge in [-0.1, -0.05) is 0 Å². The molecule has 0 amide bonds. The molecule has 34 heavy (non-hydrogen) atoms. The van der Waals surface area contributed by atoms with Crippen LogP contribution in [0.2, 0.25) is 0 Å². The molecule has 3 aliphatic heterocycles. The van der Waals surface area contributed by atoms with Crippen LogP contribution in [0.3, 0.4) is 0 Å². The molecule has 0 radical (unpaired) electrons. The summed E-state index contributed by atoms with van der Waals surface area (Å²) in [5.41, 5.74) is 4.64. The summed E-state index contributed by atoms with van der Waals surface area (Å²) in [5, 5.41) is 19.7. The van der Waals surface area contributed by atoms with E-state index in [4.69, 9.17) is 14.8 Å². The molecule has 0 bridgehead atoms. The zero-order chi connectivity index (χ0) is 23.9. The lowest BCUT2D eigenvalue weighted by molar-refractivity contribution is -0.0296. The Kier molecular flexibility index (Phi) is 6.80. The zero-order valence-corrected chi connectivity index (χ0v) is 22.0. The van der Waals surface area contributed by atoms with E-state index in [2.05, 4.69) is 42.0 Å². The molecule has 2 atom stereocenters. The average molecular weight is 505 g/mol. The summed E-state index contributed by atoms with van der Waals surface area (Å²) < 4.78 is 7.63. The van der Waals surface area contributed by atoms with Crippen molar-refractivity contribution in [1.29, 1.82) is 0 Å². The fourth-order valence-corrected chi connectivity index (χ4v) is 7.00. The van der Waals surface area contributed by atoms with Gasteiger partial charge in [-0.25, -0.2) is 9.67 Å². The van der Waals surface area contributed by atoms with Crippen LogP contribution < -0.4 is 10.3 Å². The number of aliphatic hydroxyl groups is 1. The fraction of sp³-hybridized carbons (Fsp3) is 0.667. The van der Waals surface area contributed by atoms with Crippen LogP contribution in [-0.2, 0) is 10.3 Å². The second-order valence-corrected chi connectivity index (χ2v) is 11.0. The van der Waals surface area contributed by atoms with E-state index in [1.165, 1.54) is 11.5 Å². The van der Waals surface area contributed by atoms with Crippen molar-refractivity contribution < 1.29 is 9.84 Å². The maximum atomic E-state index is 12.0. The number of morpholine rings is 1. The molecular weight excluding hydrogens is 468 g/mol. The Bertz CT molecular complexity index is 1050. The molecule has 2 aromatic heterocycles. The number of anilines is 1. The third-order valence-corrected chi connectivity index (χ3v) is 9.50. The number of thioether (sulfide) groups is 1. The summed E-state index contributed by atoms with van der Waals surface area (Å²) in [5.74, 6) is 3.41. The number of hydrazine groups is 1. The van der Waals surface area contributed by atoms with Gasteiger partial charge in [0.05, 0.1) is 31.1 Å². The molecule has 3 fully saturated rings. The van der Waals surface area contributed by atoms with Crippen LogP contribution >= 0.6 is 24.4 Å². The average Bonchev–Trinajstić information content (AvgIpc) is 3.45. The molecule has 1 aliphatic carbocycles. The monoisotopic (exact) mass is 504 g/mol. The second-order valence-electron chi connectivity index (χ2n) is 10.0. The number of aromatic nitrogens is 3. The quantitative estimate of drug-likeness (QED) is 0.551. The van der Waals surface area contributed by atoms with Gasteiger partial charge in [0.1, 0.15) is 12.0 Å². The SMILES string of the molecule is CC1COCCN1c1cc(C2(O)CCC3(CC2)CSC3)c2cnn(C3C=CNN3C)c2n1.CS. The number of nitrogens with one attached hydrogen (secondary N) is 1.